The number of amides is 3. The summed E-state index contributed by atoms with van der Waals surface area (Å²) in [5.74, 6) is -1.44. The third-order valence-corrected chi connectivity index (χ3v) is 5.25. The maximum atomic E-state index is 13.7. The first-order chi connectivity index (χ1) is 17.1. The lowest BCUT2D eigenvalue weighted by Gasteiger charge is -2.39. The van der Waals surface area contributed by atoms with Crippen molar-refractivity contribution in [3.63, 3.8) is 0 Å². The Kier molecular flexibility index (Phi) is 12.8. The first kappa shape index (κ1) is 30.2. The maximum Gasteiger partial charge on any atom is 0.408 e. The number of nitrogens with zero attached hydrogens (tertiary/aromatic N) is 1. The van der Waals surface area contributed by atoms with Crippen molar-refractivity contribution in [1.29, 1.82) is 0 Å². The highest BCUT2D eigenvalue weighted by atomic mass is 16.5. The molecule has 10 heteroatoms. The number of carbonyl (C=O) groups is 4. The van der Waals surface area contributed by atoms with Gasteiger partial charge in [0.25, 0.3) is 0 Å². The summed E-state index contributed by atoms with van der Waals surface area (Å²) in [6, 6.07) is 4.55. The molecule has 1 aromatic carbocycles. The van der Waals surface area contributed by atoms with Crippen LogP contribution in [0, 0.1) is 5.92 Å². The molecule has 0 saturated heterocycles. The first-order valence-corrected chi connectivity index (χ1v) is 11.6. The molecule has 36 heavy (non-hydrogen) atoms. The molecular formula is C26H37N3O7. The Hall–Kier alpha value is -3.82. The summed E-state index contributed by atoms with van der Waals surface area (Å²) in [5.41, 5.74) is 0.716. The minimum absolute atomic E-state index is 0.0182. The van der Waals surface area contributed by atoms with Crippen molar-refractivity contribution in [3.8, 4) is 5.75 Å². The zero-order valence-electron chi connectivity index (χ0n) is 21.6. The Morgan fingerprint density at radius 2 is 1.67 bits per heavy atom. The van der Waals surface area contributed by atoms with Crippen molar-refractivity contribution in [2.75, 3.05) is 26.9 Å². The van der Waals surface area contributed by atoms with E-state index in [9.17, 15) is 19.2 Å². The van der Waals surface area contributed by atoms with Crippen LogP contribution in [-0.4, -0.2) is 67.7 Å². The third-order valence-electron chi connectivity index (χ3n) is 5.25. The fourth-order valence-electron chi connectivity index (χ4n) is 3.49. The van der Waals surface area contributed by atoms with E-state index in [0.29, 0.717) is 11.3 Å². The number of nitrogens with one attached hydrogen (secondary N) is 2. The van der Waals surface area contributed by atoms with Crippen molar-refractivity contribution in [3.05, 3.63) is 55.1 Å². The van der Waals surface area contributed by atoms with Crippen LogP contribution < -0.4 is 15.4 Å². The number of benzene rings is 1. The fraction of sp³-hybridized carbons (Fsp3) is 0.462. The second kappa shape index (κ2) is 15.2. The van der Waals surface area contributed by atoms with Gasteiger partial charge in [-0.05, 0) is 37.5 Å². The number of hydrogen-bond acceptors (Lipinski definition) is 7. The molecule has 0 aliphatic rings. The maximum absolute atomic E-state index is 13.7. The van der Waals surface area contributed by atoms with Gasteiger partial charge in [-0.15, -0.1) is 0 Å². The Morgan fingerprint density at radius 1 is 1.03 bits per heavy atom. The second-order valence-corrected chi connectivity index (χ2v) is 8.33. The third kappa shape index (κ3) is 9.09. The highest BCUT2D eigenvalue weighted by Gasteiger charge is 2.38. The molecule has 0 bridgehead atoms. The van der Waals surface area contributed by atoms with Gasteiger partial charge < -0.3 is 29.7 Å². The van der Waals surface area contributed by atoms with Crippen LogP contribution in [0.25, 0.3) is 0 Å². The quantitative estimate of drug-likeness (QED) is 0.296. The summed E-state index contributed by atoms with van der Waals surface area (Å²) in [4.78, 5) is 52.3. The van der Waals surface area contributed by atoms with Gasteiger partial charge in [-0.2, -0.15) is 0 Å². The number of carbonyl (C=O) groups excluding carboxylic acids is 4. The number of alkyl carbamates (subject to hydrolysis) is 1. The summed E-state index contributed by atoms with van der Waals surface area (Å²) in [5, 5.41) is 5.05. The molecule has 3 atom stereocenters. The highest BCUT2D eigenvalue weighted by molar-refractivity contribution is 5.92. The Balaban J connectivity index is 3.31. The molecule has 0 aliphatic heterocycles. The van der Waals surface area contributed by atoms with Crippen molar-refractivity contribution >= 4 is 23.9 Å². The SMILES string of the molecule is C=CCOC(=O)CNC(=O)[C@H](C(C)C)N(C(=O)[C@H](C)NC(=O)OCC=C)[C@@H](C)c1cccc(OC)c1. The molecule has 0 unspecified atom stereocenters. The lowest BCUT2D eigenvalue weighted by molar-refractivity contribution is -0.148. The van der Waals surface area contributed by atoms with Gasteiger partial charge in [-0.25, -0.2) is 4.79 Å². The van der Waals surface area contributed by atoms with Crippen molar-refractivity contribution in [2.45, 2.75) is 45.8 Å². The van der Waals surface area contributed by atoms with Gasteiger partial charge in [0.05, 0.1) is 13.2 Å². The largest absolute Gasteiger partial charge is 0.497 e. The Bertz CT molecular complexity index is 932. The topological polar surface area (TPSA) is 123 Å². The predicted octanol–water partition coefficient (Wildman–Crippen LogP) is 2.76. The molecule has 198 valence electrons. The van der Waals surface area contributed by atoms with Crippen molar-refractivity contribution in [1.82, 2.24) is 15.5 Å². The number of methoxy groups -OCH3 is 1. The molecule has 0 fully saturated rings. The van der Waals surface area contributed by atoms with Gasteiger partial charge in [-0.3, -0.25) is 14.4 Å². The van der Waals surface area contributed by atoms with Gasteiger partial charge in [0.2, 0.25) is 11.8 Å². The van der Waals surface area contributed by atoms with E-state index in [1.54, 1.807) is 39.0 Å². The van der Waals surface area contributed by atoms with E-state index in [1.807, 2.05) is 6.07 Å². The number of ether oxygens (including phenoxy) is 3. The summed E-state index contributed by atoms with van der Waals surface area (Å²) in [7, 11) is 1.53. The number of rotatable bonds is 14. The number of esters is 1. The van der Waals surface area contributed by atoms with Crippen LogP contribution in [0.2, 0.25) is 0 Å². The van der Waals surface area contributed by atoms with Gasteiger partial charge in [0, 0.05) is 0 Å². The molecule has 3 amide bonds. The average molecular weight is 504 g/mol. The highest BCUT2D eigenvalue weighted by Crippen LogP contribution is 2.29. The van der Waals surface area contributed by atoms with E-state index in [0.717, 1.165) is 0 Å². The van der Waals surface area contributed by atoms with E-state index < -0.39 is 42.0 Å². The van der Waals surface area contributed by atoms with Crippen LogP contribution in [0.1, 0.15) is 39.3 Å². The second-order valence-electron chi connectivity index (χ2n) is 8.33. The Labute approximate surface area is 212 Å². The predicted molar refractivity (Wildman–Crippen MR) is 135 cm³/mol. The van der Waals surface area contributed by atoms with Crippen LogP contribution in [0.15, 0.2) is 49.6 Å². The summed E-state index contributed by atoms with van der Waals surface area (Å²) >= 11 is 0. The van der Waals surface area contributed by atoms with Gasteiger partial charge in [0.1, 0.15) is 37.6 Å². The lowest BCUT2D eigenvalue weighted by atomic mass is 9.96. The molecule has 0 saturated carbocycles. The first-order valence-electron chi connectivity index (χ1n) is 11.6. The van der Waals surface area contributed by atoms with Crippen LogP contribution >= 0.6 is 0 Å². The van der Waals surface area contributed by atoms with Gasteiger partial charge in [0.15, 0.2) is 0 Å². The summed E-state index contributed by atoms with van der Waals surface area (Å²) < 4.78 is 15.2. The standard InChI is InChI=1S/C26H37N3O7/c1-8-13-35-22(30)16-27-24(31)23(17(3)4)29(19(6)20-11-10-12-21(15-20)34-7)25(32)18(5)28-26(33)36-14-9-2/h8-12,15,17-19,23H,1-2,13-14,16H2,3-7H3,(H,27,31)(H,28,33)/t18-,19-,23-/m0/s1. The van der Waals surface area contributed by atoms with E-state index >= 15 is 0 Å². The molecule has 0 spiro atoms. The van der Waals surface area contributed by atoms with Gasteiger partial charge >= 0.3 is 12.1 Å². The monoisotopic (exact) mass is 503 g/mol. The van der Waals surface area contributed by atoms with Gasteiger partial charge in [-0.1, -0.05) is 51.3 Å². The average Bonchev–Trinajstić information content (AvgIpc) is 2.86. The summed E-state index contributed by atoms with van der Waals surface area (Å²) in [6.07, 6.45) is 2.03. The molecule has 1 rings (SSSR count). The minimum atomic E-state index is -1.01. The molecule has 0 aliphatic carbocycles. The van der Waals surface area contributed by atoms with Crippen LogP contribution in [0.3, 0.4) is 0 Å². The normalized spacial score (nSPS) is 12.9. The minimum Gasteiger partial charge on any atom is -0.497 e. The number of hydrogen-bond donors (Lipinski definition) is 2. The molecule has 0 aromatic heterocycles. The van der Waals surface area contributed by atoms with Crippen LogP contribution in [0.5, 0.6) is 5.75 Å². The Morgan fingerprint density at radius 3 is 2.25 bits per heavy atom. The molecular weight excluding hydrogens is 466 g/mol. The lowest BCUT2D eigenvalue weighted by Crippen LogP contribution is -2.58. The molecule has 10 nitrogen and oxygen atoms in total. The zero-order valence-corrected chi connectivity index (χ0v) is 21.6. The zero-order chi connectivity index (χ0) is 27.3. The van der Waals surface area contributed by atoms with E-state index in [-0.39, 0.29) is 25.7 Å². The molecule has 0 heterocycles. The molecule has 0 radical (unpaired) electrons. The van der Waals surface area contributed by atoms with E-state index in [2.05, 4.69) is 23.8 Å². The van der Waals surface area contributed by atoms with Crippen LogP contribution in [-0.2, 0) is 23.9 Å². The fourth-order valence-corrected chi connectivity index (χ4v) is 3.49. The van der Waals surface area contributed by atoms with E-state index in [4.69, 9.17) is 14.2 Å². The molecule has 1 aromatic rings. The van der Waals surface area contributed by atoms with E-state index in [1.165, 1.54) is 31.1 Å². The molecule has 2 N–H and O–H groups in total. The van der Waals surface area contributed by atoms with Crippen LogP contribution in [0.4, 0.5) is 4.79 Å². The van der Waals surface area contributed by atoms with Crippen molar-refractivity contribution < 1.29 is 33.4 Å². The van der Waals surface area contributed by atoms with Crippen molar-refractivity contribution in [2.24, 2.45) is 5.92 Å². The smallest absolute Gasteiger partial charge is 0.408 e. The summed E-state index contributed by atoms with van der Waals surface area (Å²) in [6.45, 7) is 13.4.